The first kappa shape index (κ1) is 23.7. The van der Waals surface area contributed by atoms with Crippen molar-refractivity contribution in [3.63, 3.8) is 0 Å². The van der Waals surface area contributed by atoms with Crippen LogP contribution in [0, 0.1) is 5.92 Å². The lowest BCUT2D eigenvalue weighted by Crippen LogP contribution is -2.58. The standard InChI is InChI=1S/C23H37N3O4Si/c1-14(2)23(5,6)31(7,8)30-16(4)20-18(13-27)9-17-10-19-12-25(22(28)29)11-15(3)26(19)21(17)24-20/h9,13-16,19H,10-12H2,1-8H3,(H,28,29)/t15-,16+,19-/m1/s1. The molecule has 1 amide bonds. The summed E-state index contributed by atoms with van der Waals surface area (Å²) in [5.41, 5.74) is 2.27. The van der Waals surface area contributed by atoms with Crippen LogP contribution in [-0.2, 0) is 10.8 Å². The highest BCUT2D eigenvalue weighted by Gasteiger charge is 2.45. The third-order valence-electron chi connectivity index (χ3n) is 7.87. The van der Waals surface area contributed by atoms with Gasteiger partial charge in [-0.15, -0.1) is 0 Å². The minimum atomic E-state index is -2.11. The molecule has 1 fully saturated rings. The zero-order chi connectivity index (χ0) is 23.3. The lowest BCUT2D eigenvalue weighted by atomic mass is 9.99. The van der Waals surface area contributed by atoms with Crippen LogP contribution in [0.1, 0.15) is 69.3 Å². The van der Waals surface area contributed by atoms with E-state index < -0.39 is 14.4 Å². The minimum Gasteiger partial charge on any atom is -0.465 e. The van der Waals surface area contributed by atoms with Gasteiger partial charge in [-0.2, -0.15) is 0 Å². The van der Waals surface area contributed by atoms with Crippen LogP contribution in [-0.4, -0.2) is 60.9 Å². The third kappa shape index (κ3) is 4.12. The van der Waals surface area contributed by atoms with Crippen molar-refractivity contribution >= 4 is 26.5 Å². The summed E-state index contributed by atoms with van der Waals surface area (Å²) in [5, 5.41) is 9.50. The molecule has 0 aliphatic carbocycles. The Morgan fingerprint density at radius 1 is 1.32 bits per heavy atom. The molecule has 1 saturated heterocycles. The van der Waals surface area contributed by atoms with Crippen LogP contribution in [0.2, 0.25) is 18.1 Å². The Balaban J connectivity index is 1.93. The van der Waals surface area contributed by atoms with E-state index in [9.17, 15) is 14.7 Å². The van der Waals surface area contributed by atoms with E-state index >= 15 is 0 Å². The molecule has 3 heterocycles. The van der Waals surface area contributed by atoms with Gasteiger partial charge in [0.1, 0.15) is 5.82 Å². The number of amides is 1. The van der Waals surface area contributed by atoms with E-state index in [1.807, 2.05) is 19.9 Å². The maximum atomic E-state index is 11.9. The SMILES string of the molecule is CC(C)C(C)(C)[Si](C)(C)O[C@@H](C)c1nc2c(cc1C=O)C[C@@H]1CN(C(=O)O)C[C@@H](C)N21. The molecule has 0 radical (unpaired) electrons. The highest BCUT2D eigenvalue weighted by atomic mass is 28.4. The van der Waals surface area contributed by atoms with E-state index in [1.165, 1.54) is 4.90 Å². The van der Waals surface area contributed by atoms with Gasteiger partial charge >= 0.3 is 6.09 Å². The number of pyridine rings is 1. The fourth-order valence-electron chi connectivity index (χ4n) is 4.85. The number of carbonyl (C=O) groups excluding carboxylic acids is 1. The molecule has 8 heteroatoms. The number of aldehydes is 1. The molecule has 7 nitrogen and oxygen atoms in total. The molecule has 1 aromatic rings. The van der Waals surface area contributed by atoms with E-state index in [0.717, 1.165) is 17.7 Å². The molecule has 0 spiro atoms. The van der Waals surface area contributed by atoms with Crippen LogP contribution in [0.3, 0.4) is 0 Å². The summed E-state index contributed by atoms with van der Waals surface area (Å²) in [7, 11) is -2.11. The Morgan fingerprint density at radius 3 is 2.52 bits per heavy atom. The summed E-state index contributed by atoms with van der Waals surface area (Å²) >= 11 is 0. The first-order valence-corrected chi connectivity index (χ1v) is 14.1. The molecule has 0 bridgehead atoms. The largest absolute Gasteiger partial charge is 0.465 e. The van der Waals surface area contributed by atoms with Crippen molar-refractivity contribution in [2.24, 2.45) is 5.92 Å². The van der Waals surface area contributed by atoms with E-state index in [4.69, 9.17) is 9.41 Å². The summed E-state index contributed by atoms with van der Waals surface area (Å²) in [6.07, 6.45) is 0.397. The average Bonchev–Trinajstić information content (AvgIpc) is 3.03. The van der Waals surface area contributed by atoms with Crippen LogP contribution in [0.15, 0.2) is 6.07 Å². The number of aromatic nitrogens is 1. The second kappa shape index (κ2) is 8.20. The van der Waals surface area contributed by atoms with Gasteiger partial charge in [0, 0.05) is 24.7 Å². The number of fused-ring (bicyclic) bond motifs is 3. The Labute approximate surface area is 186 Å². The van der Waals surface area contributed by atoms with Crippen molar-refractivity contribution in [1.29, 1.82) is 0 Å². The molecule has 3 rings (SSSR count). The molecule has 2 aliphatic rings. The van der Waals surface area contributed by atoms with Crippen molar-refractivity contribution in [2.75, 3.05) is 18.0 Å². The summed E-state index contributed by atoms with van der Waals surface area (Å²) in [4.78, 5) is 32.1. The Bertz CT molecular complexity index is 871. The predicted molar refractivity (Wildman–Crippen MR) is 125 cm³/mol. The predicted octanol–water partition coefficient (Wildman–Crippen LogP) is 4.73. The minimum absolute atomic E-state index is 0.0282. The monoisotopic (exact) mass is 447 g/mol. The Kier molecular flexibility index (Phi) is 6.28. The zero-order valence-corrected chi connectivity index (χ0v) is 21.1. The smallest absolute Gasteiger partial charge is 0.407 e. The summed E-state index contributed by atoms with van der Waals surface area (Å²) in [6, 6.07) is 2.02. The van der Waals surface area contributed by atoms with Gasteiger partial charge in [-0.3, -0.25) is 4.79 Å². The normalized spacial score (nSPS) is 22.4. The van der Waals surface area contributed by atoms with Crippen molar-refractivity contribution in [3.05, 3.63) is 22.9 Å². The van der Waals surface area contributed by atoms with Crippen LogP contribution in [0.25, 0.3) is 0 Å². The molecular weight excluding hydrogens is 410 g/mol. The van der Waals surface area contributed by atoms with Crippen LogP contribution >= 0.6 is 0 Å². The number of anilines is 1. The molecule has 172 valence electrons. The number of carboxylic acid groups (broad SMARTS) is 1. The average molecular weight is 448 g/mol. The van der Waals surface area contributed by atoms with E-state index in [2.05, 4.69) is 45.7 Å². The molecular formula is C23H37N3O4Si. The van der Waals surface area contributed by atoms with Gasteiger partial charge in [0.25, 0.3) is 0 Å². The molecule has 0 aromatic carbocycles. The molecule has 1 aromatic heterocycles. The second-order valence-corrected chi connectivity index (χ2v) is 15.1. The fourth-order valence-corrected chi connectivity index (χ4v) is 7.54. The van der Waals surface area contributed by atoms with Crippen LogP contribution in [0.5, 0.6) is 0 Å². The van der Waals surface area contributed by atoms with Crippen LogP contribution in [0.4, 0.5) is 10.6 Å². The first-order chi connectivity index (χ1) is 14.3. The second-order valence-electron chi connectivity index (χ2n) is 10.5. The quantitative estimate of drug-likeness (QED) is 0.502. The van der Waals surface area contributed by atoms with Crippen molar-refractivity contribution in [3.8, 4) is 0 Å². The highest BCUT2D eigenvalue weighted by Crippen LogP contribution is 2.47. The molecule has 0 saturated carbocycles. The van der Waals surface area contributed by atoms with Crippen molar-refractivity contribution in [2.45, 2.75) is 84.3 Å². The van der Waals surface area contributed by atoms with E-state index in [1.54, 1.807) is 0 Å². The number of piperazine rings is 1. The van der Waals surface area contributed by atoms with Gasteiger partial charge < -0.3 is 19.3 Å². The number of hydrogen-bond donors (Lipinski definition) is 1. The summed E-state index contributed by atoms with van der Waals surface area (Å²) < 4.78 is 6.68. The van der Waals surface area contributed by atoms with E-state index in [0.29, 0.717) is 36.7 Å². The maximum absolute atomic E-state index is 11.9. The molecule has 0 unspecified atom stereocenters. The van der Waals surface area contributed by atoms with Gasteiger partial charge in [0.15, 0.2) is 14.6 Å². The summed E-state index contributed by atoms with van der Waals surface area (Å²) in [5.74, 6) is 1.35. The summed E-state index contributed by atoms with van der Waals surface area (Å²) in [6.45, 7) is 18.4. The lowest BCUT2D eigenvalue weighted by Gasteiger charge is -2.44. The topological polar surface area (TPSA) is 83.0 Å². The number of carbonyl (C=O) groups is 2. The van der Waals surface area contributed by atoms with Gasteiger partial charge in [0.2, 0.25) is 0 Å². The van der Waals surface area contributed by atoms with Crippen molar-refractivity contribution < 1.29 is 19.1 Å². The fraction of sp³-hybridized carbons (Fsp3) is 0.696. The highest BCUT2D eigenvalue weighted by molar-refractivity contribution is 6.74. The Morgan fingerprint density at radius 2 is 1.97 bits per heavy atom. The van der Waals surface area contributed by atoms with Gasteiger partial charge in [0.05, 0.1) is 17.8 Å². The van der Waals surface area contributed by atoms with Crippen LogP contribution < -0.4 is 4.90 Å². The zero-order valence-electron chi connectivity index (χ0n) is 20.1. The first-order valence-electron chi connectivity index (χ1n) is 11.2. The Hall–Kier alpha value is -1.93. The molecule has 1 N–H and O–H groups in total. The molecule has 3 atom stereocenters. The van der Waals surface area contributed by atoms with Gasteiger partial charge in [-0.25, -0.2) is 9.78 Å². The van der Waals surface area contributed by atoms with Crippen molar-refractivity contribution in [1.82, 2.24) is 9.88 Å². The number of nitrogens with zero attached hydrogens (tertiary/aromatic N) is 3. The molecule has 31 heavy (non-hydrogen) atoms. The molecule has 2 aliphatic heterocycles. The van der Waals surface area contributed by atoms with Gasteiger partial charge in [-0.05, 0) is 55.9 Å². The number of rotatable bonds is 6. The number of hydrogen-bond acceptors (Lipinski definition) is 5. The lowest BCUT2D eigenvalue weighted by molar-refractivity contribution is 0.111. The van der Waals surface area contributed by atoms with Gasteiger partial charge in [-0.1, -0.05) is 27.7 Å². The third-order valence-corrected chi connectivity index (χ3v) is 12.5. The maximum Gasteiger partial charge on any atom is 0.407 e. The van der Waals surface area contributed by atoms with E-state index in [-0.39, 0.29) is 23.2 Å².